The third-order valence-electron chi connectivity index (χ3n) is 3.43. The maximum absolute atomic E-state index is 4.47. The van der Waals surface area contributed by atoms with E-state index in [1.807, 2.05) is 18.7 Å². The Labute approximate surface area is 116 Å². The van der Waals surface area contributed by atoms with E-state index in [9.17, 15) is 0 Å². The molecule has 0 N–H and O–H groups in total. The molecule has 0 atom stereocenters. The number of thiophene rings is 1. The van der Waals surface area contributed by atoms with Gasteiger partial charge in [0.05, 0.1) is 12.0 Å². The van der Waals surface area contributed by atoms with E-state index in [1.54, 1.807) is 17.7 Å². The van der Waals surface area contributed by atoms with E-state index in [2.05, 4.69) is 33.4 Å². The third kappa shape index (κ3) is 2.38. The SMILES string of the molecule is Cc1sc2ncnc(CCCn3ccnc3)c2c1C. The summed E-state index contributed by atoms with van der Waals surface area (Å²) >= 11 is 1.76. The number of rotatable bonds is 4. The van der Waals surface area contributed by atoms with Gasteiger partial charge in [0.25, 0.3) is 0 Å². The fraction of sp³-hybridized carbons (Fsp3) is 0.357. The Morgan fingerprint density at radius 1 is 1.26 bits per heavy atom. The van der Waals surface area contributed by atoms with Gasteiger partial charge in [0.2, 0.25) is 0 Å². The summed E-state index contributed by atoms with van der Waals surface area (Å²) in [6.07, 6.45) is 9.40. The molecule has 3 rings (SSSR count). The van der Waals surface area contributed by atoms with Crippen LogP contribution in [0.2, 0.25) is 0 Å². The molecule has 0 unspecified atom stereocenters. The lowest BCUT2D eigenvalue weighted by molar-refractivity contribution is 0.637. The number of imidazole rings is 1. The number of hydrogen-bond acceptors (Lipinski definition) is 4. The van der Waals surface area contributed by atoms with Crippen molar-refractivity contribution in [1.82, 2.24) is 19.5 Å². The molecular weight excluding hydrogens is 256 g/mol. The molecule has 5 heteroatoms. The molecule has 0 saturated carbocycles. The summed E-state index contributed by atoms with van der Waals surface area (Å²) in [6.45, 7) is 5.29. The minimum absolute atomic E-state index is 0.980. The van der Waals surface area contributed by atoms with E-state index in [4.69, 9.17) is 0 Å². The van der Waals surface area contributed by atoms with Gasteiger partial charge in [0.1, 0.15) is 11.2 Å². The first-order valence-electron chi connectivity index (χ1n) is 6.41. The van der Waals surface area contributed by atoms with Gasteiger partial charge in [-0.2, -0.15) is 0 Å². The predicted molar refractivity (Wildman–Crippen MR) is 77.4 cm³/mol. The lowest BCUT2D eigenvalue weighted by Gasteiger charge is -2.04. The number of nitrogens with zero attached hydrogens (tertiary/aromatic N) is 4. The number of aromatic nitrogens is 4. The first-order valence-corrected chi connectivity index (χ1v) is 7.22. The summed E-state index contributed by atoms with van der Waals surface area (Å²) < 4.78 is 2.10. The molecule has 0 fully saturated rings. The second-order valence-electron chi connectivity index (χ2n) is 4.69. The van der Waals surface area contributed by atoms with Crippen molar-refractivity contribution in [2.45, 2.75) is 33.2 Å². The molecule has 4 nitrogen and oxygen atoms in total. The second-order valence-corrected chi connectivity index (χ2v) is 5.89. The van der Waals surface area contributed by atoms with Crippen LogP contribution in [0.1, 0.15) is 22.6 Å². The molecule has 0 spiro atoms. The van der Waals surface area contributed by atoms with Gasteiger partial charge in [-0.15, -0.1) is 11.3 Å². The molecule has 19 heavy (non-hydrogen) atoms. The van der Waals surface area contributed by atoms with Crippen molar-refractivity contribution in [2.75, 3.05) is 0 Å². The first-order chi connectivity index (χ1) is 9.25. The fourth-order valence-electron chi connectivity index (χ4n) is 2.29. The highest BCUT2D eigenvalue weighted by Crippen LogP contribution is 2.30. The second kappa shape index (κ2) is 5.09. The topological polar surface area (TPSA) is 43.6 Å². The highest BCUT2D eigenvalue weighted by atomic mass is 32.1. The van der Waals surface area contributed by atoms with Crippen LogP contribution in [-0.2, 0) is 13.0 Å². The third-order valence-corrected chi connectivity index (χ3v) is 4.55. The molecule has 3 heterocycles. The van der Waals surface area contributed by atoms with Crippen LogP contribution in [0.15, 0.2) is 25.0 Å². The van der Waals surface area contributed by atoms with Crippen LogP contribution < -0.4 is 0 Å². The normalized spacial score (nSPS) is 11.3. The molecule has 3 aromatic rings. The Hall–Kier alpha value is -1.75. The van der Waals surface area contributed by atoms with Crippen molar-refractivity contribution in [1.29, 1.82) is 0 Å². The van der Waals surface area contributed by atoms with E-state index in [1.165, 1.54) is 21.5 Å². The Balaban J connectivity index is 1.80. The van der Waals surface area contributed by atoms with Gasteiger partial charge >= 0.3 is 0 Å². The van der Waals surface area contributed by atoms with Gasteiger partial charge in [0, 0.05) is 29.2 Å². The van der Waals surface area contributed by atoms with Crippen molar-refractivity contribution in [3.63, 3.8) is 0 Å². The molecule has 0 aliphatic carbocycles. The zero-order valence-corrected chi connectivity index (χ0v) is 11.9. The molecule has 0 bridgehead atoms. The zero-order valence-electron chi connectivity index (χ0n) is 11.1. The van der Waals surface area contributed by atoms with Gasteiger partial charge in [-0.1, -0.05) is 0 Å². The van der Waals surface area contributed by atoms with Crippen LogP contribution in [-0.4, -0.2) is 19.5 Å². The molecule has 98 valence electrons. The van der Waals surface area contributed by atoms with Gasteiger partial charge in [-0.05, 0) is 32.3 Å². The standard InChI is InChI=1S/C14H16N4S/c1-10-11(2)19-14-13(10)12(16-8-17-14)4-3-6-18-7-5-15-9-18/h5,7-9H,3-4,6H2,1-2H3. The fourth-order valence-corrected chi connectivity index (χ4v) is 3.31. The number of aryl methyl sites for hydroxylation is 4. The minimum atomic E-state index is 0.980. The van der Waals surface area contributed by atoms with E-state index in [0.29, 0.717) is 0 Å². The predicted octanol–water partition coefficient (Wildman–Crippen LogP) is 3.14. The lowest BCUT2D eigenvalue weighted by Crippen LogP contribution is -1.99. The van der Waals surface area contributed by atoms with Crippen molar-refractivity contribution >= 4 is 21.6 Å². The highest BCUT2D eigenvalue weighted by Gasteiger charge is 2.11. The van der Waals surface area contributed by atoms with Crippen molar-refractivity contribution in [3.8, 4) is 0 Å². The Morgan fingerprint density at radius 3 is 2.95 bits per heavy atom. The summed E-state index contributed by atoms with van der Waals surface area (Å²) in [5, 5.41) is 1.26. The molecule has 0 radical (unpaired) electrons. The monoisotopic (exact) mass is 272 g/mol. The lowest BCUT2D eigenvalue weighted by atomic mass is 10.1. The average molecular weight is 272 g/mol. The van der Waals surface area contributed by atoms with Crippen LogP contribution in [0.4, 0.5) is 0 Å². The van der Waals surface area contributed by atoms with E-state index in [0.717, 1.165) is 24.2 Å². The molecule has 0 aliphatic heterocycles. The van der Waals surface area contributed by atoms with Crippen LogP contribution in [0.25, 0.3) is 10.2 Å². The molecule has 0 aliphatic rings. The van der Waals surface area contributed by atoms with Crippen molar-refractivity contribution in [3.05, 3.63) is 41.2 Å². The average Bonchev–Trinajstić information content (AvgIpc) is 3.00. The van der Waals surface area contributed by atoms with Crippen molar-refractivity contribution in [2.24, 2.45) is 0 Å². The Morgan fingerprint density at radius 2 is 2.16 bits per heavy atom. The Kier molecular flexibility index (Phi) is 3.29. The zero-order chi connectivity index (χ0) is 13.2. The van der Waals surface area contributed by atoms with Crippen LogP contribution in [0.3, 0.4) is 0 Å². The summed E-state index contributed by atoms with van der Waals surface area (Å²) in [4.78, 5) is 15.4. The summed E-state index contributed by atoms with van der Waals surface area (Å²) in [5.41, 5.74) is 2.50. The van der Waals surface area contributed by atoms with E-state index in [-0.39, 0.29) is 0 Å². The number of hydrogen-bond donors (Lipinski definition) is 0. The van der Waals surface area contributed by atoms with Gasteiger partial charge < -0.3 is 4.57 Å². The highest BCUT2D eigenvalue weighted by molar-refractivity contribution is 7.18. The summed E-state index contributed by atoms with van der Waals surface area (Å²) in [7, 11) is 0. The first kappa shape index (κ1) is 12.3. The van der Waals surface area contributed by atoms with Crippen LogP contribution in [0.5, 0.6) is 0 Å². The quantitative estimate of drug-likeness (QED) is 0.733. The number of fused-ring (bicyclic) bond motifs is 1. The molecule has 0 amide bonds. The smallest absolute Gasteiger partial charge is 0.127 e. The Bertz CT molecular complexity index is 685. The van der Waals surface area contributed by atoms with Crippen LogP contribution >= 0.6 is 11.3 Å². The van der Waals surface area contributed by atoms with Gasteiger partial charge in [0.15, 0.2) is 0 Å². The summed E-state index contributed by atoms with van der Waals surface area (Å²) in [5.74, 6) is 0. The van der Waals surface area contributed by atoms with E-state index >= 15 is 0 Å². The maximum atomic E-state index is 4.47. The van der Waals surface area contributed by atoms with E-state index < -0.39 is 0 Å². The molecule has 0 saturated heterocycles. The van der Waals surface area contributed by atoms with Gasteiger partial charge in [-0.3, -0.25) is 0 Å². The molecule has 0 aromatic carbocycles. The maximum Gasteiger partial charge on any atom is 0.127 e. The summed E-state index contributed by atoms with van der Waals surface area (Å²) in [6, 6.07) is 0. The van der Waals surface area contributed by atoms with Crippen molar-refractivity contribution < 1.29 is 0 Å². The minimum Gasteiger partial charge on any atom is -0.337 e. The van der Waals surface area contributed by atoms with Crippen LogP contribution in [0, 0.1) is 13.8 Å². The largest absolute Gasteiger partial charge is 0.337 e. The molecule has 3 aromatic heterocycles. The molecular formula is C14H16N4S. The van der Waals surface area contributed by atoms with Gasteiger partial charge in [-0.25, -0.2) is 15.0 Å².